The van der Waals surface area contributed by atoms with Gasteiger partial charge in [0.25, 0.3) is 0 Å². The summed E-state index contributed by atoms with van der Waals surface area (Å²) >= 11 is 0. The van der Waals surface area contributed by atoms with E-state index in [1.807, 2.05) is 20.2 Å². The van der Waals surface area contributed by atoms with Crippen molar-refractivity contribution in [2.75, 3.05) is 19.0 Å². The highest BCUT2D eigenvalue weighted by Crippen LogP contribution is 2.50. The van der Waals surface area contributed by atoms with Crippen molar-refractivity contribution in [3.8, 4) is 11.5 Å². The molecule has 0 fully saturated rings. The molecule has 6 heteroatoms. The van der Waals surface area contributed by atoms with Gasteiger partial charge in [-0.1, -0.05) is 64.1 Å². The fourth-order valence-corrected chi connectivity index (χ4v) is 5.24. The predicted molar refractivity (Wildman–Crippen MR) is 156 cm³/mol. The van der Waals surface area contributed by atoms with Crippen LogP contribution in [0.4, 0.5) is 5.69 Å². The number of anilines is 1. The summed E-state index contributed by atoms with van der Waals surface area (Å²) in [6.45, 7) is 9.40. The first-order chi connectivity index (χ1) is 18.3. The maximum Gasteiger partial charge on any atom is 0.339 e. The standard InChI is InChI=1S/C33H39NO5/c1-32(2)15-16-33(3,4)30-26(32)18-23(19-29(30)39-20-22-7-11-24(12-8-22)34(5)6)27(35)14-10-21-9-13-25(31(37)38)28(36)17-21/h7-14,17-19,27,35-36H,15-16,20H2,1-6H3,(H,37,38). The van der Waals surface area contributed by atoms with Gasteiger partial charge in [0.1, 0.15) is 23.7 Å². The van der Waals surface area contributed by atoms with Crippen LogP contribution in [-0.2, 0) is 17.4 Å². The molecule has 6 nitrogen and oxygen atoms in total. The van der Waals surface area contributed by atoms with Crippen molar-refractivity contribution in [2.24, 2.45) is 0 Å². The maximum atomic E-state index is 11.2. The molecule has 0 saturated heterocycles. The molecule has 3 aromatic carbocycles. The molecule has 39 heavy (non-hydrogen) atoms. The van der Waals surface area contributed by atoms with Crippen LogP contribution >= 0.6 is 0 Å². The highest BCUT2D eigenvalue weighted by Gasteiger charge is 2.40. The average molecular weight is 530 g/mol. The third kappa shape index (κ3) is 6.12. The van der Waals surface area contributed by atoms with Crippen LogP contribution in [0.2, 0.25) is 0 Å². The Hall–Kier alpha value is -3.77. The van der Waals surface area contributed by atoms with Gasteiger partial charge in [0.05, 0.1) is 6.10 Å². The highest BCUT2D eigenvalue weighted by atomic mass is 16.5. The third-order valence-electron chi connectivity index (χ3n) is 7.82. The Bertz CT molecular complexity index is 1390. The minimum absolute atomic E-state index is 0.0717. The highest BCUT2D eigenvalue weighted by molar-refractivity contribution is 5.91. The van der Waals surface area contributed by atoms with Crippen LogP contribution in [0.15, 0.2) is 60.7 Å². The van der Waals surface area contributed by atoms with Gasteiger partial charge in [-0.15, -0.1) is 0 Å². The SMILES string of the molecule is CN(C)c1ccc(COc2cc(C(O)C=Cc3ccc(C(=O)O)c(O)c3)cc3c2C(C)(C)CCC3(C)C)cc1. The molecule has 3 N–H and O–H groups in total. The van der Waals surface area contributed by atoms with Crippen LogP contribution in [0.1, 0.15) is 84.8 Å². The largest absolute Gasteiger partial charge is 0.507 e. The van der Waals surface area contributed by atoms with Gasteiger partial charge in [0.15, 0.2) is 0 Å². The number of benzene rings is 3. The molecule has 1 unspecified atom stereocenters. The molecule has 0 aromatic heterocycles. The number of ether oxygens (including phenoxy) is 1. The number of carboxylic acid groups (broad SMARTS) is 1. The summed E-state index contributed by atoms with van der Waals surface area (Å²) < 4.78 is 6.49. The minimum Gasteiger partial charge on any atom is -0.507 e. The second-order valence-corrected chi connectivity index (χ2v) is 11.9. The fourth-order valence-electron chi connectivity index (χ4n) is 5.24. The minimum atomic E-state index is -1.19. The molecular weight excluding hydrogens is 490 g/mol. The first-order valence-corrected chi connectivity index (χ1v) is 13.3. The van der Waals surface area contributed by atoms with Crippen molar-refractivity contribution < 1.29 is 24.9 Å². The van der Waals surface area contributed by atoms with Crippen molar-refractivity contribution in [3.05, 3.63) is 94.1 Å². The molecule has 0 spiro atoms. The molecule has 0 amide bonds. The molecule has 0 bridgehead atoms. The van der Waals surface area contributed by atoms with E-state index in [2.05, 4.69) is 62.9 Å². The number of fused-ring (bicyclic) bond motifs is 1. The summed E-state index contributed by atoms with van der Waals surface area (Å²) in [5.41, 5.74) is 5.58. The molecule has 1 aliphatic rings. The lowest BCUT2D eigenvalue weighted by Gasteiger charge is -2.43. The van der Waals surface area contributed by atoms with Crippen molar-refractivity contribution in [1.29, 1.82) is 0 Å². The number of carbonyl (C=O) groups is 1. The summed E-state index contributed by atoms with van der Waals surface area (Å²) in [5.74, 6) is -0.720. The van der Waals surface area contributed by atoms with E-state index < -0.39 is 12.1 Å². The van der Waals surface area contributed by atoms with Gasteiger partial charge in [-0.05, 0) is 76.3 Å². The Morgan fingerprint density at radius 3 is 2.28 bits per heavy atom. The maximum absolute atomic E-state index is 11.2. The van der Waals surface area contributed by atoms with E-state index in [-0.39, 0.29) is 22.1 Å². The monoisotopic (exact) mass is 529 g/mol. The molecule has 1 atom stereocenters. The summed E-state index contributed by atoms with van der Waals surface area (Å²) in [5, 5.41) is 30.3. The van der Waals surface area contributed by atoms with Crippen LogP contribution in [0, 0.1) is 0 Å². The van der Waals surface area contributed by atoms with Gasteiger partial charge in [0.2, 0.25) is 0 Å². The van der Waals surface area contributed by atoms with E-state index in [0.29, 0.717) is 12.2 Å². The fraction of sp³-hybridized carbons (Fsp3) is 0.364. The van der Waals surface area contributed by atoms with Crippen LogP contribution in [-0.4, -0.2) is 35.4 Å². The van der Waals surface area contributed by atoms with E-state index >= 15 is 0 Å². The number of hydrogen-bond donors (Lipinski definition) is 3. The van der Waals surface area contributed by atoms with E-state index in [0.717, 1.165) is 35.4 Å². The lowest BCUT2D eigenvalue weighted by Crippen LogP contribution is -2.34. The summed E-state index contributed by atoms with van der Waals surface area (Å²) in [4.78, 5) is 13.2. The van der Waals surface area contributed by atoms with Gasteiger partial charge in [-0.2, -0.15) is 0 Å². The Morgan fingerprint density at radius 1 is 1.00 bits per heavy atom. The van der Waals surface area contributed by atoms with E-state index in [4.69, 9.17) is 9.84 Å². The van der Waals surface area contributed by atoms with E-state index in [9.17, 15) is 15.0 Å². The topological polar surface area (TPSA) is 90.2 Å². The van der Waals surface area contributed by atoms with Gasteiger partial charge >= 0.3 is 5.97 Å². The Balaban J connectivity index is 1.68. The molecule has 1 aliphatic carbocycles. The van der Waals surface area contributed by atoms with Crippen molar-refractivity contribution in [1.82, 2.24) is 0 Å². The molecule has 0 aliphatic heterocycles. The second kappa shape index (κ2) is 10.8. The van der Waals surface area contributed by atoms with Gasteiger partial charge in [-0.25, -0.2) is 4.79 Å². The van der Waals surface area contributed by atoms with Gasteiger partial charge in [-0.3, -0.25) is 0 Å². The molecular formula is C33H39NO5. The number of phenols is 1. The van der Waals surface area contributed by atoms with Crippen molar-refractivity contribution in [2.45, 2.75) is 64.1 Å². The number of rotatable bonds is 8. The summed E-state index contributed by atoms with van der Waals surface area (Å²) in [6, 6.07) is 16.7. The Morgan fingerprint density at radius 2 is 1.67 bits per heavy atom. The van der Waals surface area contributed by atoms with Crippen LogP contribution < -0.4 is 9.64 Å². The third-order valence-corrected chi connectivity index (χ3v) is 7.82. The number of hydrogen-bond acceptors (Lipinski definition) is 5. The predicted octanol–water partition coefficient (Wildman–Crippen LogP) is 6.83. The molecule has 0 saturated carbocycles. The van der Waals surface area contributed by atoms with Crippen LogP contribution in [0.3, 0.4) is 0 Å². The number of aromatic hydroxyl groups is 1. The van der Waals surface area contributed by atoms with Crippen LogP contribution in [0.25, 0.3) is 6.08 Å². The first-order valence-electron chi connectivity index (χ1n) is 13.3. The number of nitrogens with zero attached hydrogens (tertiary/aromatic N) is 1. The van der Waals surface area contributed by atoms with E-state index in [1.165, 1.54) is 23.3 Å². The normalized spacial score (nSPS) is 16.5. The molecule has 0 heterocycles. The lowest BCUT2D eigenvalue weighted by atomic mass is 9.62. The Labute approximate surface area is 231 Å². The molecule has 0 radical (unpaired) electrons. The second-order valence-electron chi connectivity index (χ2n) is 11.9. The zero-order chi connectivity index (χ0) is 28.5. The average Bonchev–Trinajstić information content (AvgIpc) is 2.88. The number of aromatic carboxylic acids is 1. The molecule has 4 rings (SSSR count). The van der Waals surface area contributed by atoms with Crippen molar-refractivity contribution >= 4 is 17.7 Å². The smallest absolute Gasteiger partial charge is 0.339 e. The summed E-state index contributed by atoms with van der Waals surface area (Å²) in [6.07, 6.45) is 4.47. The number of aliphatic hydroxyl groups excluding tert-OH is 1. The zero-order valence-corrected chi connectivity index (χ0v) is 23.7. The number of aliphatic hydroxyl groups is 1. The van der Waals surface area contributed by atoms with Crippen LogP contribution in [0.5, 0.6) is 11.5 Å². The van der Waals surface area contributed by atoms with Crippen molar-refractivity contribution in [3.63, 3.8) is 0 Å². The zero-order valence-electron chi connectivity index (χ0n) is 23.7. The Kier molecular flexibility index (Phi) is 7.80. The quantitative estimate of drug-likeness (QED) is 0.296. The number of carboxylic acids is 1. The first kappa shape index (κ1) is 28.2. The van der Waals surface area contributed by atoms with E-state index in [1.54, 1.807) is 18.2 Å². The van der Waals surface area contributed by atoms with Gasteiger partial charge < -0.3 is 25.0 Å². The molecule has 206 valence electrons. The lowest BCUT2D eigenvalue weighted by molar-refractivity contribution is 0.0693. The summed E-state index contributed by atoms with van der Waals surface area (Å²) in [7, 11) is 4.03. The molecule has 3 aromatic rings. The van der Waals surface area contributed by atoms with Gasteiger partial charge in [0, 0.05) is 25.3 Å².